The van der Waals surface area contributed by atoms with Gasteiger partial charge in [0.2, 0.25) is 0 Å². The van der Waals surface area contributed by atoms with Crippen LogP contribution in [0, 0.1) is 18.6 Å². The van der Waals surface area contributed by atoms with E-state index in [1.54, 1.807) is 18.2 Å². The first-order valence-corrected chi connectivity index (χ1v) is 10.4. The quantitative estimate of drug-likeness (QED) is 0.279. The second-order valence-electron chi connectivity index (χ2n) is 8.04. The van der Waals surface area contributed by atoms with Gasteiger partial charge in [-0.1, -0.05) is 48.0 Å². The van der Waals surface area contributed by atoms with Gasteiger partial charge < -0.3 is 10.4 Å². The van der Waals surface area contributed by atoms with Crippen molar-refractivity contribution in [1.82, 2.24) is 5.32 Å². The topological polar surface area (TPSA) is 78.4 Å². The van der Waals surface area contributed by atoms with Gasteiger partial charge in [0.05, 0.1) is 6.04 Å². The number of rotatable bonds is 7. The molecule has 3 N–H and O–H groups in total. The van der Waals surface area contributed by atoms with Crippen LogP contribution < -0.4 is 21.5 Å². The summed E-state index contributed by atoms with van der Waals surface area (Å²) in [5, 5.41) is 15.9. The molecule has 0 saturated heterocycles. The average Bonchev–Trinajstić information content (AvgIpc) is 2.82. The van der Waals surface area contributed by atoms with Crippen LogP contribution in [0.5, 0.6) is 5.75 Å². The zero-order valence-corrected chi connectivity index (χ0v) is 18.0. The van der Waals surface area contributed by atoms with Gasteiger partial charge in [0.25, 0.3) is 10.9 Å². The van der Waals surface area contributed by atoms with Crippen LogP contribution in [0.2, 0.25) is 0 Å². The molecule has 0 heterocycles. The predicted octanol–water partition coefficient (Wildman–Crippen LogP) is 4.11. The molecule has 5 nitrogen and oxygen atoms in total. The first-order valence-electron chi connectivity index (χ1n) is 10.4. The Morgan fingerprint density at radius 3 is 2.15 bits per heavy atom. The van der Waals surface area contributed by atoms with Gasteiger partial charge >= 0.3 is 29.6 Å². The van der Waals surface area contributed by atoms with Gasteiger partial charge in [-0.25, -0.2) is 8.78 Å². The van der Waals surface area contributed by atoms with Crippen molar-refractivity contribution < 1.29 is 13.9 Å². The monoisotopic (exact) mass is 472 g/mol. The van der Waals surface area contributed by atoms with Crippen molar-refractivity contribution in [1.29, 1.82) is 0 Å². The van der Waals surface area contributed by atoms with Gasteiger partial charge in [0.15, 0.2) is 17.4 Å². The van der Waals surface area contributed by atoms with E-state index >= 15 is 0 Å². The minimum absolute atomic E-state index is 0. The van der Waals surface area contributed by atoms with Crippen LogP contribution in [0.1, 0.15) is 41.3 Å². The summed E-state index contributed by atoms with van der Waals surface area (Å²) < 4.78 is 27.2. The molecule has 2 unspecified atom stereocenters. The zero-order chi connectivity index (χ0) is 23.7. The Morgan fingerprint density at radius 1 is 0.824 bits per heavy atom. The van der Waals surface area contributed by atoms with Crippen molar-refractivity contribution in [3.05, 3.63) is 121 Å². The van der Waals surface area contributed by atoms with Crippen LogP contribution in [0.4, 0.5) is 20.2 Å². The van der Waals surface area contributed by atoms with E-state index in [1.165, 1.54) is 12.1 Å². The van der Waals surface area contributed by atoms with Crippen LogP contribution in [0.15, 0.2) is 76.3 Å². The Kier molecular flexibility index (Phi) is 8.05. The molecule has 0 aliphatic carbocycles. The van der Waals surface area contributed by atoms with E-state index < -0.39 is 28.2 Å². The summed E-state index contributed by atoms with van der Waals surface area (Å²) in [4.78, 5) is 23.0. The Morgan fingerprint density at radius 2 is 1.50 bits per heavy atom. The summed E-state index contributed by atoms with van der Waals surface area (Å²) in [7, 11) is 0. The molecule has 0 radical (unpaired) electrons. The SMILES string of the molecule is Cc1ccc(C(NC(C)c2ccc(F)c(F)c2)c2cccc(Nc3c(O)c(=O)c3=O)c2)cc1.[NaH]. The second-order valence-corrected chi connectivity index (χ2v) is 8.04. The summed E-state index contributed by atoms with van der Waals surface area (Å²) in [6.45, 7) is 3.84. The summed E-state index contributed by atoms with van der Waals surface area (Å²) in [5.41, 5.74) is 2.18. The van der Waals surface area contributed by atoms with Gasteiger partial charge in [0.1, 0.15) is 5.69 Å². The van der Waals surface area contributed by atoms with Crippen LogP contribution in [0.25, 0.3) is 0 Å². The van der Waals surface area contributed by atoms with Gasteiger partial charge in [-0.15, -0.1) is 0 Å². The third kappa shape index (κ3) is 5.28. The molecule has 0 amide bonds. The number of halogens is 2. The van der Waals surface area contributed by atoms with Crippen LogP contribution in [-0.4, -0.2) is 34.7 Å². The standard InChI is InChI=1S/C26H22F2N2O3.Na.H/c1-14-6-8-16(9-7-14)22(29-15(2)17-10-11-20(27)21(28)13-17)18-4-3-5-19(12-18)30-23-24(31)26(33)25(23)32;;/h3-13,15,22,29-31H,1-2H3;;. The zero-order valence-electron chi connectivity index (χ0n) is 18.0. The van der Waals surface area contributed by atoms with Crippen molar-refractivity contribution in [2.24, 2.45) is 0 Å². The first kappa shape index (κ1) is 25.8. The molecule has 0 aliphatic rings. The Bertz CT molecular complexity index is 1380. The van der Waals surface area contributed by atoms with E-state index in [2.05, 4.69) is 10.6 Å². The molecule has 34 heavy (non-hydrogen) atoms. The molecule has 0 bridgehead atoms. The number of benzene rings is 3. The molecule has 0 aliphatic heterocycles. The molecule has 170 valence electrons. The van der Waals surface area contributed by atoms with Gasteiger partial charge in [-0.3, -0.25) is 14.9 Å². The van der Waals surface area contributed by atoms with E-state index in [4.69, 9.17) is 0 Å². The van der Waals surface area contributed by atoms with Crippen molar-refractivity contribution >= 4 is 40.9 Å². The van der Waals surface area contributed by atoms with Crippen molar-refractivity contribution in [3.63, 3.8) is 0 Å². The van der Waals surface area contributed by atoms with Gasteiger partial charge in [-0.2, -0.15) is 0 Å². The molecular weight excluding hydrogens is 449 g/mol. The third-order valence-corrected chi connectivity index (χ3v) is 5.65. The van der Waals surface area contributed by atoms with Crippen molar-refractivity contribution in [2.75, 3.05) is 5.32 Å². The number of hydrogen-bond donors (Lipinski definition) is 3. The molecule has 0 fully saturated rings. The van der Waals surface area contributed by atoms with Crippen molar-refractivity contribution in [2.45, 2.75) is 25.9 Å². The molecule has 0 saturated carbocycles. The number of anilines is 2. The maximum atomic E-state index is 13.8. The number of aromatic hydroxyl groups is 1. The average molecular weight is 472 g/mol. The molecule has 0 aromatic heterocycles. The Balaban J connectivity index is 0.00000324. The van der Waals surface area contributed by atoms with Crippen LogP contribution >= 0.6 is 0 Å². The van der Waals surface area contributed by atoms with Gasteiger partial charge in [0, 0.05) is 11.7 Å². The third-order valence-electron chi connectivity index (χ3n) is 5.65. The summed E-state index contributed by atoms with van der Waals surface area (Å²) in [6, 6.07) is 18.3. The maximum absolute atomic E-state index is 13.8. The molecule has 2 atom stereocenters. The molecule has 4 rings (SSSR count). The van der Waals surface area contributed by atoms with E-state index in [1.807, 2.05) is 44.2 Å². The fourth-order valence-corrected chi connectivity index (χ4v) is 3.71. The molecular formula is C26H23F2N2NaO3. The fraction of sp³-hybridized carbons (Fsp3) is 0.154. The van der Waals surface area contributed by atoms with Crippen molar-refractivity contribution in [3.8, 4) is 5.75 Å². The Hall–Kier alpha value is -2.84. The molecule has 4 aromatic rings. The van der Waals surface area contributed by atoms with Crippen LogP contribution in [-0.2, 0) is 0 Å². The van der Waals surface area contributed by atoms with Crippen LogP contribution in [0.3, 0.4) is 0 Å². The predicted molar refractivity (Wildman–Crippen MR) is 131 cm³/mol. The van der Waals surface area contributed by atoms with E-state index in [-0.39, 0.29) is 47.3 Å². The second kappa shape index (κ2) is 10.6. The molecule has 4 aromatic carbocycles. The molecule has 0 spiro atoms. The van der Waals surface area contributed by atoms with E-state index in [0.29, 0.717) is 11.3 Å². The van der Waals surface area contributed by atoms with Gasteiger partial charge in [-0.05, 0) is 54.8 Å². The molecule has 8 heteroatoms. The van der Waals surface area contributed by atoms with E-state index in [0.717, 1.165) is 22.8 Å². The minimum atomic E-state index is -0.910. The van der Waals surface area contributed by atoms with E-state index in [9.17, 15) is 23.5 Å². The summed E-state index contributed by atoms with van der Waals surface area (Å²) in [6.07, 6.45) is 0. The number of aryl methyl sites for hydroxylation is 1. The first-order chi connectivity index (χ1) is 15.7. The fourth-order valence-electron chi connectivity index (χ4n) is 3.71. The summed E-state index contributed by atoms with van der Waals surface area (Å²) >= 11 is 0. The summed E-state index contributed by atoms with van der Waals surface area (Å²) in [5.74, 6) is -2.39. The number of nitrogens with one attached hydrogen (secondary N) is 2. The normalized spacial score (nSPS) is 12.7. The Labute approximate surface area is 217 Å². The number of hydrogen-bond acceptors (Lipinski definition) is 5.